The van der Waals surface area contributed by atoms with E-state index < -0.39 is 0 Å². The summed E-state index contributed by atoms with van der Waals surface area (Å²) in [5.41, 5.74) is 1.07. The maximum absolute atomic E-state index is 12.9. The minimum Gasteiger partial charge on any atom is -0.355 e. The predicted octanol–water partition coefficient (Wildman–Crippen LogP) is 2.40. The van der Waals surface area contributed by atoms with Crippen LogP contribution in [0.15, 0.2) is 24.3 Å². The summed E-state index contributed by atoms with van der Waals surface area (Å²) < 4.78 is 12.9. The number of carbonyl (C=O) groups excluding carboxylic acids is 1. The molecule has 0 radical (unpaired) electrons. The van der Waals surface area contributed by atoms with Gasteiger partial charge in [0.25, 0.3) is 0 Å². The number of halogens is 1. The molecular formula is C19H30FN3O. The van der Waals surface area contributed by atoms with Crippen LogP contribution in [0.25, 0.3) is 0 Å². The minimum absolute atomic E-state index is 0.149. The van der Waals surface area contributed by atoms with Gasteiger partial charge in [0.1, 0.15) is 5.82 Å². The van der Waals surface area contributed by atoms with Crippen LogP contribution in [0.2, 0.25) is 0 Å². The molecule has 24 heavy (non-hydrogen) atoms. The van der Waals surface area contributed by atoms with E-state index in [1.54, 1.807) is 12.1 Å². The highest BCUT2D eigenvalue weighted by Crippen LogP contribution is 2.24. The van der Waals surface area contributed by atoms with Gasteiger partial charge in [0.05, 0.1) is 0 Å². The van der Waals surface area contributed by atoms with Crippen LogP contribution in [-0.4, -0.2) is 44.0 Å². The molecule has 1 atom stereocenters. The Morgan fingerprint density at radius 3 is 2.67 bits per heavy atom. The Kier molecular flexibility index (Phi) is 7.66. The summed E-state index contributed by atoms with van der Waals surface area (Å²) >= 11 is 0. The number of hydrogen-bond acceptors (Lipinski definition) is 3. The van der Waals surface area contributed by atoms with Crippen LogP contribution in [0.3, 0.4) is 0 Å². The van der Waals surface area contributed by atoms with Crippen molar-refractivity contribution in [1.82, 2.24) is 15.5 Å². The van der Waals surface area contributed by atoms with Gasteiger partial charge < -0.3 is 15.5 Å². The van der Waals surface area contributed by atoms with Gasteiger partial charge >= 0.3 is 0 Å². The van der Waals surface area contributed by atoms with E-state index in [0.29, 0.717) is 24.8 Å². The summed E-state index contributed by atoms with van der Waals surface area (Å²) in [5.74, 6) is 1.05. The van der Waals surface area contributed by atoms with Crippen molar-refractivity contribution in [3.05, 3.63) is 35.6 Å². The first-order chi connectivity index (χ1) is 11.5. The highest BCUT2D eigenvalue weighted by Gasteiger charge is 2.21. The Bertz CT molecular complexity index is 500. The van der Waals surface area contributed by atoms with Crippen molar-refractivity contribution >= 4 is 5.91 Å². The molecule has 1 amide bonds. The fourth-order valence-corrected chi connectivity index (χ4v) is 3.31. The van der Waals surface area contributed by atoms with E-state index in [1.807, 2.05) is 7.05 Å². The molecule has 1 saturated heterocycles. The Morgan fingerprint density at radius 2 is 2.00 bits per heavy atom. The van der Waals surface area contributed by atoms with E-state index in [1.165, 1.54) is 25.0 Å². The van der Waals surface area contributed by atoms with Crippen molar-refractivity contribution in [3.8, 4) is 0 Å². The molecule has 1 heterocycles. The van der Waals surface area contributed by atoms with E-state index in [0.717, 1.165) is 31.7 Å². The topological polar surface area (TPSA) is 44.4 Å². The Morgan fingerprint density at radius 1 is 1.33 bits per heavy atom. The first-order valence-corrected chi connectivity index (χ1v) is 8.95. The Labute approximate surface area is 144 Å². The van der Waals surface area contributed by atoms with Crippen LogP contribution >= 0.6 is 0 Å². The maximum atomic E-state index is 12.9. The highest BCUT2D eigenvalue weighted by atomic mass is 19.1. The van der Waals surface area contributed by atoms with E-state index in [4.69, 9.17) is 0 Å². The number of carbonyl (C=O) groups is 1. The van der Waals surface area contributed by atoms with Crippen molar-refractivity contribution in [2.75, 3.05) is 33.2 Å². The molecule has 1 aliphatic rings. The third-order valence-electron chi connectivity index (χ3n) is 4.88. The number of benzene rings is 1. The molecule has 0 saturated carbocycles. The molecule has 1 aromatic rings. The lowest BCUT2D eigenvalue weighted by Gasteiger charge is -2.28. The van der Waals surface area contributed by atoms with Crippen LogP contribution in [0.5, 0.6) is 0 Å². The van der Waals surface area contributed by atoms with Gasteiger partial charge in [-0.25, -0.2) is 4.39 Å². The van der Waals surface area contributed by atoms with Gasteiger partial charge in [-0.3, -0.25) is 4.79 Å². The zero-order valence-electron chi connectivity index (χ0n) is 14.9. The average Bonchev–Trinajstić information content (AvgIpc) is 2.57. The molecule has 2 N–H and O–H groups in total. The van der Waals surface area contributed by atoms with Crippen molar-refractivity contribution in [2.24, 2.45) is 11.8 Å². The molecule has 1 unspecified atom stereocenters. The molecule has 1 fully saturated rings. The second kappa shape index (κ2) is 9.74. The number of rotatable bonds is 8. The summed E-state index contributed by atoms with van der Waals surface area (Å²) in [5, 5.41) is 6.39. The van der Waals surface area contributed by atoms with E-state index in [9.17, 15) is 9.18 Å². The first kappa shape index (κ1) is 18.9. The van der Waals surface area contributed by atoms with Crippen molar-refractivity contribution in [2.45, 2.75) is 32.7 Å². The monoisotopic (exact) mass is 335 g/mol. The number of nitrogens with one attached hydrogen (secondary N) is 2. The summed E-state index contributed by atoms with van der Waals surface area (Å²) in [6, 6.07) is 6.55. The van der Waals surface area contributed by atoms with E-state index >= 15 is 0 Å². The molecule has 5 heteroatoms. The van der Waals surface area contributed by atoms with Gasteiger partial charge in [0.15, 0.2) is 0 Å². The normalized spacial score (nSPS) is 17.0. The number of hydrogen-bond donors (Lipinski definition) is 2. The van der Waals surface area contributed by atoms with Gasteiger partial charge in [-0.15, -0.1) is 0 Å². The minimum atomic E-state index is -0.212. The second-order valence-corrected chi connectivity index (χ2v) is 6.98. The van der Waals surface area contributed by atoms with Gasteiger partial charge in [0, 0.05) is 26.1 Å². The number of amides is 1. The van der Waals surface area contributed by atoms with E-state index in [-0.39, 0.29) is 11.7 Å². The molecule has 2 rings (SSSR count). The first-order valence-electron chi connectivity index (χ1n) is 8.95. The largest absolute Gasteiger partial charge is 0.355 e. The quantitative estimate of drug-likeness (QED) is 0.767. The van der Waals surface area contributed by atoms with Crippen LogP contribution in [0.1, 0.15) is 31.7 Å². The van der Waals surface area contributed by atoms with Gasteiger partial charge in [0.2, 0.25) is 5.91 Å². The zero-order valence-corrected chi connectivity index (χ0v) is 14.9. The molecule has 0 aliphatic carbocycles. The molecule has 0 bridgehead atoms. The van der Waals surface area contributed by atoms with Crippen molar-refractivity contribution < 1.29 is 9.18 Å². The summed E-state index contributed by atoms with van der Waals surface area (Å²) in [6.07, 6.45) is 2.97. The van der Waals surface area contributed by atoms with Gasteiger partial charge in [-0.1, -0.05) is 19.1 Å². The molecule has 4 nitrogen and oxygen atoms in total. The molecule has 0 aromatic heterocycles. The standard InChI is InChI=1S/C19H30FN3O/c1-15(17-7-9-21-10-8-17)13-19(24)22-11-12-23(2)14-16-3-5-18(20)6-4-16/h3-6,15,17,21H,7-14H2,1-2H3,(H,22,24). The van der Waals surface area contributed by atoms with E-state index in [2.05, 4.69) is 22.5 Å². The Balaban J connectivity index is 1.61. The lowest BCUT2D eigenvalue weighted by atomic mass is 9.84. The summed E-state index contributed by atoms with van der Waals surface area (Å²) in [4.78, 5) is 14.2. The van der Waals surface area contributed by atoms with Crippen LogP contribution in [0.4, 0.5) is 4.39 Å². The summed E-state index contributed by atoms with van der Waals surface area (Å²) in [6.45, 7) is 6.52. The van der Waals surface area contributed by atoms with Crippen molar-refractivity contribution in [3.63, 3.8) is 0 Å². The number of likely N-dealkylation sites (N-methyl/N-ethyl adjacent to an activating group) is 1. The fourth-order valence-electron chi connectivity index (χ4n) is 3.31. The smallest absolute Gasteiger partial charge is 0.220 e. The highest BCUT2D eigenvalue weighted by molar-refractivity contribution is 5.76. The second-order valence-electron chi connectivity index (χ2n) is 6.98. The molecule has 0 spiro atoms. The van der Waals surface area contributed by atoms with Crippen molar-refractivity contribution in [1.29, 1.82) is 0 Å². The predicted molar refractivity (Wildman–Crippen MR) is 95.1 cm³/mol. The number of piperidine rings is 1. The lowest BCUT2D eigenvalue weighted by molar-refractivity contribution is -0.122. The summed E-state index contributed by atoms with van der Waals surface area (Å²) in [7, 11) is 2.01. The van der Waals surface area contributed by atoms with Gasteiger partial charge in [-0.2, -0.15) is 0 Å². The SMILES string of the molecule is CC(CC(=O)NCCN(C)Cc1ccc(F)cc1)C1CCNCC1. The maximum Gasteiger partial charge on any atom is 0.220 e. The number of nitrogens with zero attached hydrogens (tertiary/aromatic N) is 1. The molecule has 1 aliphatic heterocycles. The third kappa shape index (κ3) is 6.57. The molecular weight excluding hydrogens is 305 g/mol. The average molecular weight is 335 g/mol. The lowest BCUT2D eigenvalue weighted by Crippen LogP contribution is -2.36. The third-order valence-corrected chi connectivity index (χ3v) is 4.88. The molecule has 134 valence electrons. The molecule has 1 aromatic carbocycles. The van der Waals surface area contributed by atoms with Gasteiger partial charge in [-0.05, 0) is 62.5 Å². The fraction of sp³-hybridized carbons (Fsp3) is 0.632. The van der Waals surface area contributed by atoms with Crippen LogP contribution in [0, 0.1) is 17.7 Å². The van der Waals surface area contributed by atoms with Crippen LogP contribution < -0.4 is 10.6 Å². The Hall–Kier alpha value is -1.46. The zero-order chi connectivity index (χ0) is 17.4. The van der Waals surface area contributed by atoms with Crippen LogP contribution in [-0.2, 0) is 11.3 Å².